The van der Waals surface area contributed by atoms with E-state index in [1.165, 1.54) is 11.3 Å². The Balaban J connectivity index is 1.78. The average Bonchev–Trinajstić information content (AvgIpc) is 3.09. The van der Waals surface area contributed by atoms with E-state index in [9.17, 15) is 0 Å². The van der Waals surface area contributed by atoms with Crippen LogP contribution in [0.4, 0.5) is 0 Å². The van der Waals surface area contributed by atoms with Gasteiger partial charge in [0.15, 0.2) is 0 Å². The lowest BCUT2D eigenvalue weighted by Gasteiger charge is -2.17. The monoisotopic (exact) mass is 267 g/mol. The molecule has 2 aromatic rings. The molecule has 0 spiro atoms. The lowest BCUT2D eigenvalue weighted by atomic mass is 10.1. The van der Waals surface area contributed by atoms with Crippen molar-refractivity contribution in [2.24, 2.45) is 7.05 Å². The highest BCUT2D eigenvalue weighted by molar-refractivity contribution is 5.59. The second kappa shape index (κ2) is 5.63. The van der Waals surface area contributed by atoms with Crippen molar-refractivity contribution in [3.8, 4) is 11.3 Å². The van der Waals surface area contributed by atoms with E-state index in [2.05, 4.69) is 59.8 Å². The SMILES string of the molecule is CC(NC1CC=CC1)c1cc(-c2ccccc2)n(C)n1. The molecular weight excluding hydrogens is 246 g/mol. The highest BCUT2D eigenvalue weighted by atomic mass is 15.3. The molecule has 0 saturated heterocycles. The fourth-order valence-electron chi connectivity index (χ4n) is 2.77. The van der Waals surface area contributed by atoms with Gasteiger partial charge < -0.3 is 5.32 Å². The molecule has 1 aliphatic rings. The number of aromatic nitrogens is 2. The highest BCUT2D eigenvalue weighted by Crippen LogP contribution is 2.23. The standard InChI is InChI=1S/C17H21N3/c1-13(18-15-10-6-7-11-15)16-12-17(20(2)19-16)14-8-4-3-5-9-14/h3-9,12-13,15,18H,10-11H2,1-2H3. The summed E-state index contributed by atoms with van der Waals surface area (Å²) in [5.41, 5.74) is 3.49. The van der Waals surface area contributed by atoms with Crippen LogP contribution in [0.1, 0.15) is 31.5 Å². The smallest absolute Gasteiger partial charge is 0.0797 e. The minimum Gasteiger partial charge on any atom is -0.305 e. The third-order valence-electron chi connectivity index (χ3n) is 3.91. The molecule has 0 fully saturated rings. The molecule has 104 valence electrons. The predicted molar refractivity (Wildman–Crippen MR) is 82.4 cm³/mol. The van der Waals surface area contributed by atoms with Gasteiger partial charge in [-0.3, -0.25) is 4.68 Å². The van der Waals surface area contributed by atoms with E-state index in [0.717, 1.165) is 18.5 Å². The summed E-state index contributed by atoms with van der Waals surface area (Å²) in [5, 5.41) is 8.31. The summed E-state index contributed by atoms with van der Waals surface area (Å²) in [6, 6.07) is 13.4. The summed E-state index contributed by atoms with van der Waals surface area (Å²) in [5.74, 6) is 0. The number of rotatable bonds is 4. The molecule has 3 rings (SSSR count). The number of benzene rings is 1. The van der Waals surface area contributed by atoms with Gasteiger partial charge in [-0.05, 0) is 31.4 Å². The van der Waals surface area contributed by atoms with Crippen molar-refractivity contribution in [2.45, 2.75) is 31.8 Å². The van der Waals surface area contributed by atoms with E-state index in [1.807, 2.05) is 17.8 Å². The average molecular weight is 267 g/mol. The van der Waals surface area contributed by atoms with Gasteiger partial charge in [0.25, 0.3) is 0 Å². The maximum atomic E-state index is 4.66. The van der Waals surface area contributed by atoms with Crippen LogP contribution in [0.3, 0.4) is 0 Å². The van der Waals surface area contributed by atoms with Crippen molar-refractivity contribution in [2.75, 3.05) is 0 Å². The van der Waals surface area contributed by atoms with E-state index in [1.54, 1.807) is 0 Å². The summed E-state index contributed by atoms with van der Waals surface area (Å²) >= 11 is 0. The molecular formula is C17H21N3. The third kappa shape index (κ3) is 2.68. The Labute approximate surface area is 120 Å². The molecule has 0 saturated carbocycles. The molecule has 1 atom stereocenters. The van der Waals surface area contributed by atoms with Crippen LogP contribution < -0.4 is 5.32 Å². The van der Waals surface area contributed by atoms with Gasteiger partial charge in [0.05, 0.1) is 11.4 Å². The van der Waals surface area contributed by atoms with E-state index >= 15 is 0 Å². The topological polar surface area (TPSA) is 29.9 Å². The second-order valence-electron chi connectivity index (χ2n) is 5.47. The number of nitrogens with zero attached hydrogens (tertiary/aromatic N) is 2. The minimum absolute atomic E-state index is 0.281. The lowest BCUT2D eigenvalue weighted by molar-refractivity contribution is 0.461. The van der Waals surface area contributed by atoms with Gasteiger partial charge in [-0.1, -0.05) is 42.5 Å². The van der Waals surface area contributed by atoms with Crippen molar-refractivity contribution >= 4 is 0 Å². The maximum absolute atomic E-state index is 4.66. The van der Waals surface area contributed by atoms with E-state index in [0.29, 0.717) is 6.04 Å². The first-order valence-electron chi connectivity index (χ1n) is 7.24. The van der Waals surface area contributed by atoms with Gasteiger partial charge in [-0.15, -0.1) is 0 Å². The molecule has 1 N–H and O–H groups in total. The second-order valence-corrected chi connectivity index (χ2v) is 5.47. The van der Waals surface area contributed by atoms with Gasteiger partial charge in [0.2, 0.25) is 0 Å². The Morgan fingerprint density at radius 1 is 1.20 bits per heavy atom. The van der Waals surface area contributed by atoms with Gasteiger partial charge in [0.1, 0.15) is 0 Å². The Bertz CT molecular complexity index is 590. The van der Waals surface area contributed by atoms with Crippen LogP contribution in [0.15, 0.2) is 48.6 Å². The zero-order valence-electron chi connectivity index (χ0n) is 12.1. The first-order chi connectivity index (χ1) is 9.74. The summed E-state index contributed by atoms with van der Waals surface area (Å²) in [7, 11) is 2.01. The molecule has 0 aliphatic heterocycles. The molecule has 1 unspecified atom stereocenters. The number of hydrogen-bond donors (Lipinski definition) is 1. The normalized spacial score (nSPS) is 16.7. The zero-order valence-corrected chi connectivity index (χ0v) is 12.1. The molecule has 3 heteroatoms. The number of hydrogen-bond acceptors (Lipinski definition) is 2. The molecule has 0 amide bonds. The number of nitrogens with one attached hydrogen (secondary N) is 1. The lowest BCUT2D eigenvalue weighted by Crippen LogP contribution is -2.29. The Morgan fingerprint density at radius 2 is 1.90 bits per heavy atom. The van der Waals surface area contributed by atoms with Crippen LogP contribution in [-0.4, -0.2) is 15.8 Å². The summed E-state index contributed by atoms with van der Waals surface area (Å²) in [4.78, 5) is 0. The molecule has 0 bridgehead atoms. The Hall–Kier alpha value is -1.87. The van der Waals surface area contributed by atoms with Crippen LogP contribution in [0.25, 0.3) is 11.3 Å². The summed E-state index contributed by atoms with van der Waals surface area (Å²) in [6.45, 7) is 2.19. The van der Waals surface area contributed by atoms with E-state index in [4.69, 9.17) is 0 Å². The van der Waals surface area contributed by atoms with Crippen molar-refractivity contribution in [1.29, 1.82) is 0 Å². The van der Waals surface area contributed by atoms with Gasteiger partial charge >= 0.3 is 0 Å². The molecule has 1 aromatic heterocycles. The molecule has 1 heterocycles. The molecule has 1 aromatic carbocycles. The van der Waals surface area contributed by atoms with Crippen LogP contribution >= 0.6 is 0 Å². The van der Waals surface area contributed by atoms with Gasteiger partial charge in [-0.2, -0.15) is 5.10 Å². The van der Waals surface area contributed by atoms with Crippen molar-refractivity contribution in [1.82, 2.24) is 15.1 Å². The first-order valence-corrected chi connectivity index (χ1v) is 7.24. The van der Waals surface area contributed by atoms with Gasteiger partial charge in [0, 0.05) is 19.1 Å². The van der Waals surface area contributed by atoms with Crippen LogP contribution in [0.5, 0.6) is 0 Å². The summed E-state index contributed by atoms with van der Waals surface area (Å²) < 4.78 is 1.97. The molecule has 20 heavy (non-hydrogen) atoms. The summed E-state index contributed by atoms with van der Waals surface area (Å²) in [6.07, 6.45) is 6.75. The van der Waals surface area contributed by atoms with E-state index < -0.39 is 0 Å². The largest absolute Gasteiger partial charge is 0.305 e. The molecule has 0 radical (unpaired) electrons. The van der Waals surface area contributed by atoms with Crippen molar-refractivity contribution < 1.29 is 0 Å². The van der Waals surface area contributed by atoms with Crippen molar-refractivity contribution in [3.63, 3.8) is 0 Å². The predicted octanol–water partition coefficient (Wildman–Crippen LogP) is 3.46. The van der Waals surface area contributed by atoms with Gasteiger partial charge in [-0.25, -0.2) is 0 Å². The van der Waals surface area contributed by atoms with Crippen LogP contribution in [0, 0.1) is 0 Å². The minimum atomic E-state index is 0.281. The fourth-order valence-corrected chi connectivity index (χ4v) is 2.77. The number of aryl methyl sites for hydroxylation is 1. The fraction of sp³-hybridized carbons (Fsp3) is 0.353. The Morgan fingerprint density at radius 3 is 2.60 bits per heavy atom. The molecule has 3 nitrogen and oxygen atoms in total. The van der Waals surface area contributed by atoms with Crippen LogP contribution in [0.2, 0.25) is 0 Å². The quantitative estimate of drug-likeness (QED) is 0.860. The van der Waals surface area contributed by atoms with Crippen molar-refractivity contribution in [3.05, 3.63) is 54.2 Å². The first kappa shape index (κ1) is 13.1. The van der Waals surface area contributed by atoms with Crippen LogP contribution in [-0.2, 0) is 7.05 Å². The third-order valence-corrected chi connectivity index (χ3v) is 3.91. The van der Waals surface area contributed by atoms with E-state index in [-0.39, 0.29) is 6.04 Å². The highest BCUT2D eigenvalue weighted by Gasteiger charge is 2.17. The Kier molecular flexibility index (Phi) is 3.70. The zero-order chi connectivity index (χ0) is 13.9. The molecule has 1 aliphatic carbocycles. The maximum Gasteiger partial charge on any atom is 0.0797 e.